The van der Waals surface area contributed by atoms with Gasteiger partial charge in [-0.15, -0.1) is 0 Å². The topological polar surface area (TPSA) is 165 Å². The number of benzene rings is 3. The number of hydrogen-bond donors (Lipinski definition) is 2. The Morgan fingerprint density at radius 3 is 2.53 bits per heavy atom. The smallest absolute Gasteiger partial charge is 0.338 e. The lowest BCUT2D eigenvalue weighted by atomic mass is 9.73. The maximum Gasteiger partial charge on any atom is 0.338 e. The molecule has 0 bridgehead atoms. The number of halogens is 3. The standard InChI is InChI=1S/C33H31Cl2FN4O8.CH4/c1-16-19(31(42)48-2)9-10-20(29(16)39(44)45)26(41)13-12-25-30(40(46)47)27(21-4-3-5-23(35)28(21)36)33(38(25)15-17-6-7-17)22-11-8-18(34)14-24(22)37-32(33)43;/h3-5,8-11,14,17,25-27,30,41H,6-7,12-13,15H2,1-2H3,(H,37,43);1H4/t25-,26?,27-,30+,33+;/m0./s1. The number of hydrogen-bond acceptors (Lipinski definition) is 9. The predicted molar refractivity (Wildman–Crippen MR) is 180 cm³/mol. The number of nitrogens with zero attached hydrogens (tertiary/aromatic N) is 3. The molecule has 1 spiro atoms. The van der Waals surface area contributed by atoms with E-state index in [4.69, 9.17) is 27.9 Å². The Labute approximate surface area is 291 Å². The molecular formula is C34H35Cl2FN4O8. The number of nitrogens with one attached hydrogen (secondary N) is 1. The lowest BCUT2D eigenvalue weighted by molar-refractivity contribution is -0.528. The number of rotatable bonds is 10. The third-order valence-corrected chi connectivity index (χ3v) is 10.4. The Hall–Kier alpha value is -4.17. The number of nitro groups is 2. The number of aliphatic hydroxyl groups excluding tert-OH is 1. The molecule has 260 valence electrons. The van der Waals surface area contributed by atoms with Crippen molar-refractivity contribution < 1.29 is 33.7 Å². The van der Waals surface area contributed by atoms with E-state index in [9.17, 15) is 34.9 Å². The second-order valence-electron chi connectivity index (χ2n) is 12.5. The molecule has 2 N–H and O–H groups in total. The van der Waals surface area contributed by atoms with Gasteiger partial charge in [0.1, 0.15) is 11.4 Å². The fourth-order valence-electron chi connectivity index (χ4n) is 7.64. The molecule has 2 aliphatic heterocycles. The van der Waals surface area contributed by atoms with Crippen LogP contribution in [0.25, 0.3) is 0 Å². The maximum absolute atomic E-state index is 16.0. The van der Waals surface area contributed by atoms with E-state index in [1.54, 1.807) is 23.1 Å². The summed E-state index contributed by atoms with van der Waals surface area (Å²) in [4.78, 5) is 52.4. The fourth-order valence-corrected chi connectivity index (χ4v) is 8.00. The van der Waals surface area contributed by atoms with Crippen LogP contribution >= 0.6 is 23.2 Å². The molecule has 1 unspecified atom stereocenters. The van der Waals surface area contributed by atoms with Crippen molar-refractivity contribution >= 4 is 46.5 Å². The third kappa shape index (κ3) is 5.92. The highest BCUT2D eigenvalue weighted by Crippen LogP contribution is 2.60. The van der Waals surface area contributed by atoms with E-state index in [1.165, 1.54) is 37.3 Å². The summed E-state index contributed by atoms with van der Waals surface area (Å²) >= 11 is 12.5. The molecule has 12 nitrogen and oxygen atoms in total. The van der Waals surface area contributed by atoms with Crippen LogP contribution in [0.4, 0.5) is 15.8 Å². The van der Waals surface area contributed by atoms with E-state index in [1.807, 2.05) is 0 Å². The highest BCUT2D eigenvalue weighted by atomic mass is 35.5. The van der Waals surface area contributed by atoms with Crippen LogP contribution in [-0.4, -0.2) is 57.5 Å². The number of likely N-dealkylation sites (tertiary alicyclic amines) is 1. The second-order valence-corrected chi connectivity index (χ2v) is 13.3. The van der Waals surface area contributed by atoms with E-state index in [0.29, 0.717) is 16.3 Å². The summed E-state index contributed by atoms with van der Waals surface area (Å²) in [5.74, 6) is -3.49. The van der Waals surface area contributed by atoms with Gasteiger partial charge in [0, 0.05) is 38.9 Å². The molecule has 0 radical (unpaired) electrons. The van der Waals surface area contributed by atoms with Crippen LogP contribution < -0.4 is 5.32 Å². The minimum atomic E-state index is -1.74. The van der Waals surface area contributed by atoms with Crippen LogP contribution in [-0.2, 0) is 15.1 Å². The van der Waals surface area contributed by atoms with Crippen molar-refractivity contribution in [3.63, 3.8) is 0 Å². The first kappa shape index (κ1) is 36.1. The van der Waals surface area contributed by atoms with Gasteiger partial charge in [-0.3, -0.25) is 29.9 Å². The van der Waals surface area contributed by atoms with Gasteiger partial charge < -0.3 is 15.2 Å². The number of fused-ring (bicyclic) bond motifs is 2. The van der Waals surface area contributed by atoms with Gasteiger partial charge in [-0.25, -0.2) is 9.18 Å². The van der Waals surface area contributed by atoms with E-state index < -0.39 is 62.9 Å². The number of esters is 1. The molecule has 1 amide bonds. The molecule has 3 aromatic rings. The first-order valence-corrected chi connectivity index (χ1v) is 16.1. The van der Waals surface area contributed by atoms with Gasteiger partial charge in [-0.2, -0.15) is 0 Å². The van der Waals surface area contributed by atoms with Crippen molar-refractivity contribution in [3.05, 3.63) is 112 Å². The number of nitro benzene ring substituents is 1. The van der Waals surface area contributed by atoms with Gasteiger partial charge in [0.05, 0.1) is 46.2 Å². The van der Waals surface area contributed by atoms with Gasteiger partial charge in [0.25, 0.3) is 11.6 Å². The summed E-state index contributed by atoms with van der Waals surface area (Å²) in [5, 5.41) is 39.6. The molecule has 0 aromatic heterocycles. The Morgan fingerprint density at radius 1 is 1.18 bits per heavy atom. The summed E-state index contributed by atoms with van der Waals surface area (Å²) in [6, 6.07) is 8.92. The second kappa shape index (κ2) is 13.6. The average Bonchev–Trinajstić information content (AvgIpc) is 3.76. The summed E-state index contributed by atoms with van der Waals surface area (Å²) in [6.45, 7) is 1.64. The Kier molecular flexibility index (Phi) is 10.0. The van der Waals surface area contributed by atoms with Crippen LogP contribution in [0.15, 0.2) is 48.5 Å². The molecule has 2 heterocycles. The molecule has 5 atom stereocenters. The monoisotopic (exact) mass is 716 g/mol. The molecule has 49 heavy (non-hydrogen) atoms. The number of aliphatic hydroxyl groups is 1. The molecule has 3 aliphatic rings. The van der Waals surface area contributed by atoms with E-state index >= 15 is 4.39 Å². The zero-order valence-electron chi connectivity index (χ0n) is 25.8. The quantitative estimate of drug-likeness (QED) is 0.128. The minimum absolute atomic E-state index is 0. The van der Waals surface area contributed by atoms with E-state index in [0.717, 1.165) is 20.0 Å². The van der Waals surface area contributed by atoms with Gasteiger partial charge in [-0.1, -0.05) is 48.8 Å². The highest BCUT2D eigenvalue weighted by Gasteiger charge is 2.71. The molecular weight excluding hydrogens is 682 g/mol. The number of carbonyl (C=O) groups is 2. The van der Waals surface area contributed by atoms with Gasteiger partial charge in [0.2, 0.25) is 6.04 Å². The van der Waals surface area contributed by atoms with Crippen molar-refractivity contribution in [1.29, 1.82) is 0 Å². The summed E-state index contributed by atoms with van der Waals surface area (Å²) in [7, 11) is 1.14. The number of methoxy groups -OCH3 is 1. The van der Waals surface area contributed by atoms with Gasteiger partial charge >= 0.3 is 5.97 Å². The third-order valence-electron chi connectivity index (χ3n) is 9.88. The summed E-state index contributed by atoms with van der Waals surface area (Å²) in [6.07, 6.45) is -0.106. The lowest BCUT2D eigenvalue weighted by Crippen LogP contribution is -2.52. The van der Waals surface area contributed by atoms with Crippen molar-refractivity contribution in [2.75, 3.05) is 19.0 Å². The van der Waals surface area contributed by atoms with Gasteiger partial charge in [-0.05, 0) is 68.9 Å². The molecule has 6 rings (SSSR count). The Morgan fingerprint density at radius 2 is 1.90 bits per heavy atom. The highest BCUT2D eigenvalue weighted by molar-refractivity contribution is 6.31. The number of anilines is 1. The normalized spacial score (nSPS) is 23.5. The van der Waals surface area contributed by atoms with E-state index in [-0.39, 0.29) is 60.0 Å². The fraction of sp³-hybridized carbons (Fsp3) is 0.412. The van der Waals surface area contributed by atoms with Crippen molar-refractivity contribution in [2.45, 2.75) is 69.7 Å². The first-order valence-electron chi connectivity index (χ1n) is 15.3. The van der Waals surface area contributed by atoms with Crippen LogP contribution in [0.5, 0.6) is 0 Å². The lowest BCUT2D eigenvalue weighted by Gasteiger charge is -2.39. The zero-order chi connectivity index (χ0) is 34.7. The van der Waals surface area contributed by atoms with E-state index in [2.05, 4.69) is 5.32 Å². The minimum Gasteiger partial charge on any atom is -0.465 e. The SMILES string of the molecule is C.COC(=O)c1ccc(C(O)CC[C@H]2[C@@H]([N+](=O)[O-])[C@H](c3cccc(Cl)c3F)[C@]3(C(=O)Nc4cc(Cl)ccc43)N2CC2CC2)c([N+](=O)[O-])c1C. The summed E-state index contributed by atoms with van der Waals surface area (Å²) in [5.41, 5.74) is -1.70. The van der Waals surface area contributed by atoms with Gasteiger partial charge in [0.15, 0.2) is 0 Å². The molecule has 1 saturated heterocycles. The zero-order valence-corrected chi connectivity index (χ0v) is 27.3. The number of carbonyl (C=O) groups excluding carboxylic acids is 2. The molecule has 3 aromatic carbocycles. The molecule has 15 heteroatoms. The molecule has 2 fully saturated rings. The van der Waals surface area contributed by atoms with Crippen molar-refractivity contribution in [3.8, 4) is 0 Å². The first-order chi connectivity index (χ1) is 22.8. The Bertz CT molecular complexity index is 1860. The molecule has 1 aliphatic carbocycles. The van der Waals surface area contributed by atoms with Crippen LogP contribution in [0, 0.1) is 38.9 Å². The maximum atomic E-state index is 16.0. The van der Waals surface area contributed by atoms with Crippen LogP contribution in [0.2, 0.25) is 10.0 Å². The predicted octanol–water partition coefficient (Wildman–Crippen LogP) is 6.96. The largest absolute Gasteiger partial charge is 0.465 e. The summed E-state index contributed by atoms with van der Waals surface area (Å²) < 4.78 is 20.7. The molecule has 1 saturated carbocycles. The number of ether oxygens (including phenoxy) is 1. The Balaban J connectivity index is 0.00000468. The van der Waals surface area contributed by atoms with Crippen LogP contribution in [0.1, 0.15) is 77.7 Å². The van der Waals surface area contributed by atoms with Crippen molar-refractivity contribution in [2.24, 2.45) is 5.92 Å². The van der Waals surface area contributed by atoms with Crippen LogP contribution in [0.3, 0.4) is 0 Å². The average molecular weight is 718 g/mol. The number of amides is 1. The van der Waals surface area contributed by atoms with Crippen molar-refractivity contribution in [1.82, 2.24) is 4.90 Å².